The van der Waals surface area contributed by atoms with Crippen molar-refractivity contribution in [1.29, 1.82) is 0 Å². The van der Waals surface area contributed by atoms with Crippen LogP contribution in [0.5, 0.6) is 0 Å². The van der Waals surface area contributed by atoms with Gasteiger partial charge >= 0.3 is 0 Å². The minimum Gasteiger partial charge on any atom is -0.337 e. The van der Waals surface area contributed by atoms with Crippen molar-refractivity contribution in [2.45, 2.75) is 32.2 Å². The summed E-state index contributed by atoms with van der Waals surface area (Å²) >= 11 is 5.95. The van der Waals surface area contributed by atoms with E-state index in [0.29, 0.717) is 17.7 Å². The Morgan fingerprint density at radius 2 is 2.24 bits per heavy atom. The molecule has 1 saturated heterocycles. The van der Waals surface area contributed by atoms with Crippen molar-refractivity contribution < 1.29 is 0 Å². The lowest BCUT2D eigenvalue weighted by Crippen LogP contribution is -2.45. The number of nitrogens with two attached hydrogens (primary N) is 1. The van der Waals surface area contributed by atoms with Crippen molar-refractivity contribution in [2.75, 3.05) is 18.0 Å². The van der Waals surface area contributed by atoms with E-state index in [-0.39, 0.29) is 12.4 Å². The van der Waals surface area contributed by atoms with Gasteiger partial charge in [0.05, 0.1) is 0 Å². The van der Waals surface area contributed by atoms with Gasteiger partial charge in [-0.05, 0) is 32.3 Å². The monoisotopic (exact) mass is 276 g/mol. The first kappa shape index (κ1) is 14.5. The minimum absolute atomic E-state index is 0. The summed E-state index contributed by atoms with van der Waals surface area (Å²) in [6.45, 7) is 3.55. The van der Waals surface area contributed by atoms with E-state index >= 15 is 0 Å². The third-order valence-corrected chi connectivity index (χ3v) is 3.16. The van der Waals surface area contributed by atoms with Crippen LogP contribution in [0.4, 0.5) is 5.95 Å². The normalized spacial score (nSPS) is 19.9. The Balaban J connectivity index is 0.00000144. The largest absolute Gasteiger partial charge is 0.337 e. The van der Waals surface area contributed by atoms with Crippen LogP contribution in [-0.2, 0) is 0 Å². The van der Waals surface area contributed by atoms with E-state index in [0.717, 1.165) is 24.6 Å². The van der Waals surface area contributed by atoms with Gasteiger partial charge in [-0.1, -0.05) is 11.6 Å². The Kier molecular flexibility index (Phi) is 5.43. The molecule has 17 heavy (non-hydrogen) atoms. The first-order valence-electron chi connectivity index (χ1n) is 5.68. The van der Waals surface area contributed by atoms with Crippen LogP contribution in [0.2, 0.25) is 5.15 Å². The van der Waals surface area contributed by atoms with E-state index in [4.69, 9.17) is 17.3 Å². The molecule has 0 saturated carbocycles. The molecule has 6 heteroatoms. The molecule has 4 nitrogen and oxygen atoms in total. The van der Waals surface area contributed by atoms with Gasteiger partial charge < -0.3 is 10.6 Å². The Morgan fingerprint density at radius 1 is 1.47 bits per heavy atom. The minimum atomic E-state index is 0. The van der Waals surface area contributed by atoms with Gasteiger partial charge in [0.1, 0.15) is 5.15 Å². The fourth-order valence-electron chi connectivity index (χ4n) is 2.15. The van der Waals surface area contributed by atoms with Gasteiger partial charge in [0.2, 0.25) is 5.95 Å². The van der Waals surface area contributed by atoms with E-state index in [2.05, 4.69) is 14.9 Å². The van der Waals surface area contributed by atoms with Crippen LogP contribution in [-0.4, -0.2) is 29.1 Å². The molecule has 1 aliphatic rings. The van der Waals surface area contributed by atoms with Crippen molar-refractivity contribution in [3.63, 3.8) is 0 Å². The van der Waals surface area contributed by atoms with Crippen LogP contribution in [0.15, 0.2) is 6.07 Å². The molecule has 1 atom stereocenters. The highest BCUT2D eigenvalue weighted by Gasteiger charge is 2.23. The molecular formula is C11H18Cl2N4. The molecule has 1 aromatic heterocycles. The molecule has 2 N–H and O–H groups in total. The van der Waals surface area contributed by atoms with Crippen LogP contribution < -0.4 is 10.6 Å². The number of piperidine rings is 1. The fraction of sp³-hybridized carbons (Fsp3) is 0.636. The molecule has 2 rings (SSSR count). The Labute approximate surface area is 113 Å². The number of hydrogen-bond donors (Lipinski definition) is 1. The molecule has 0 radical (unpaired) electrons. The van der Waals surface area contributed by atoms with Gasteiger partial charge in [-0.2, -0.15) is 0 Å². The van der Waals surface area contributed by atoms with E-state index in [9.17, 15) is 0 Å². The van der Waals surface area contributed by atoms with E-state index < -0.39 is 0 Å². The van der Waals surface area contributed by atoms with Crippen LogP contribution in [0.3, 0.4) is 0 Å². The molecule has 0 bridgehead atoms. The van der Waals surface area contributed by atoms with Crippen molar-refractivity contribution in [1.82, 2.24) is 9.97 Å². The maximum Gasteiger partial charge on any atom is 0.227 e. The molecule has 1 unspecified atom stereocenters. The second kappa shape index (κ2) is 6.38. The van der Waals surface area contributed by atoms with Gasteiger partial charge in [0.25, 0.3) is 0 Å². The molecular weight excluding hydrogens is 259 g/mol. The van der Waals surface area contributed by atoms with Crippen molar-refractivity contribution in [2.24, 2.45) is 5.73 Å². The summed E-state index contributed by atoms with van der Waals surface area (Å²) in [5.74, 6) is 0.722. The number of aromatic nitrogens is 2. The van der Waals surface area contributed by atoms with Gasteiger partial charge in [-0.15, -0.1) is 12.4 Å². The highest BCUT2D eigenvalue weighted by atomic mass is 35.5. The summed E-state index contributed by atoms with van der Waals surface area (Å²) in [5, 5.41) is 0.504. The van der Waals surface area contributed by atoms with Gasteiger partial charge in [0.15, 0.2) is 0 Å². The van der Waals surface area contributed by atoms with Gasteiger partial charge in [-0.3, -0.25) is 0 Å². The molecule has 1 aromatic rings. The highest BCUT2D eigenvalue weighted by Crippen LogP contribution is 2.22. The number of aryl methyl sites for hydroxylation is 1. The predicted octanol–water partition coefficient (Wildman–Crippen LogP) is 2.18. The standard InChI is InChI=1S/C11H17ClN4.ClH/c1-8-6-10(12)15-11(14-8)16-5-3-2-4-9(16)7-13;/h6,9H,2-5,7,13H2,1H3;1H. The number of nitrogens with zero attached hydrogens (tertiary/aromatic N) is 3. The number of rotatable bonds is 2. The number of hydrogen-bond acceptors (Lipinski definition) is 4. The Bertz CT molecular complexity index is 352. The molecule has 96 valence electrons. The maximum atomic E-state index is 5.95. The maximum absolute atomic E-state index is 5.95. The smallest absolute Gasteiger partial charge is 0.227 e. The SMILES string of the molecule is Cc1cc(Cl)nc(N2CCCCC2CN)n1.Cl. The zero-order chi connectivity index (χ0) is 11.5. The first-order chi connectivity index (χ1) is 7.70. The Morgan fingerprint density at radius 3 is 2.88 bits per heavy atom. The average Bonchev–Trinajstić information content (AvgIpc) is 2.27. The summed E-state index contributed by atoms with van der Waals surface area (Å²) in [4.78, 5) is 10.9. The number of anilines is 1. The van der Waals surface area contributed by atoms with Gasteiger partial charge in [-0.25, -0.2) is 9.97 Å². The topological polar surface area (TPSA) is 55.0 Å². The zero-order valence-electron chi connectivity index (χ0n) is 9.90. The van der Waals surface area contributed by atoms with E-state index in [1.165, 1.54) is 12.8 Å². The van der Waals surface area contributed by atoms with Crippen molar-refractivity contribution >= 4 is 30.0 Å². The molecule has 0 aromatic carbocycles. The lowest BCUT2D eigenvalue weighted by Gasteiger charge is -2.35. The van der Waals surface area contributed by atoms with E-state index in [1.54, 1.807) is 6.07 Å². The van der Waals surface area contributed by atoms with Crippen molar-refractivity contribution in [3.8, 4) is 0 Å². The second-order valence-corrected chi connectivity index (χ2v) is 4.60. The molecule has 0 aliphatic carbocycles. The zero-order valence-corrected chi connectivity index (χ0v) is 11.5. The van der Waals surface area contributed by atoms with E-state index in [1.807, 2.05) is 6.92 Å². The third kappa shape index (κ3) is 3.44. The first-order valence-corrected chi connectivity index (χ1v) is 6.06. The molecule has 0 spiro atoms. The lowest BCUT2D eigenvalue weighted by atomic mass is 10.0. The fourth-order valence-corrected chi connectivity index (χ4v) is 2.39. The highest BCUT2D eigenvalue weighted by molar-refractivity contribution is 6.29. The molecule has 1 fully saturated rings. The third-order valence-electron chi connectivity index (χ3n) is 2.97. The van der Waals surface area contributed by atoms with Crippen molar-refractivity contribution in [3.05, 3.63) is 16.9 Å². The quantitative estimate of drug-likeness (QED) is 0.842. The summed E-state index contributed by atoms with van der Waals surface area (Å²) in [7, 11) is 0. The lowest BCUT2D eigenvalue weighted by molar-refractivity contribution is 0.458. The summed E-state index contributed by atoms with van der Waals surface area (Å²) in [6.07, 6.45) is 3.52. The summed E-state index contributed by atoms with van der Waals surface area (Å²) in [6, 6.07) is 2.12. The van der Waals surface area contributed by atoms with Crippen LogP contribution in [0.1, 0.15) is 25.0 Å². The Hall–Kier alpha value is -0.580. The summed E-state index contributed by atoms with van der Waals surface area (Å²) < 4.78 is 0. The summed E-state index contributed by atoms with van der Waals surface area (Å²) in [5.41, 5.74) is 6.68. The number of halogens is 2. The van der Waals surface area contributed by atoms with Crippen LogP contribution >= 0.6 is 24.0 Å². The molecule has 0 amide bonds. The van der Waals surface area contributed by atoms with Crippen LogP contribution in [0, 0.1) is 6.92 Å². The molecule has 2 heterocycles. The van der Waals surface area contributed by atoms with Gasteiger partial charge in [0, 0.05) is 24.8 Å². The molecule has 1 aliphatic heterocycles. The van der Waals surface area contributed by atoms with Crippen LogP contribution in [0.25, 0.3) is 0 Å². The predicted molar refractivity (Wildman–Crippen MR) is 73.1 cm³/mol. The average molecular weight is 277 g/mol. The second-order valence-electron chi connectivity index (χ2n) is 4.21.